The monoisotopic (exact) mass is 250 g/mol. The van der Waals surface area contributed by atoms with E-state index in [0.29, 0.717) is 18.0 Å². The van der Waals surface area contributed by atoms with E-state index in [0.717, 1.165) is 0 Å². The number of carbonyl (C=O) groups is 1. The van der Waals surface area contributed by atoms with Gasteiger partial charge in [-0.2, -0.15) is 4.52 Å². The van der Waals surface area contributed by atoms with Gasteiger partial charge >= 0.3 is 5.97 Å². The molecule has 0 bridgehead atoms. The second-order valence-electron chi connectivity index (χ2n) is 4.15. The molecule has 0 aromatic carbocycles. The highest BCUT2D eigenvalue weighted by Gasteiger charge is 2.16. The molecule has 1 N–H and O–H groups in total. The topological polar surface area (TPSA) is 96.5 Å². The second-order valence-corrected chi connectivity index (χ2v) is 4.15. The SMILES string of the molecule is CC(C)N(CCC(=O)O)c1cncc2nnnn12. The van der Waals surface area contributed by atoms with Crippen molar-refractivity contribution in [2.45, 2.75) is 26.3 Å². The van der Waals surface area contributed by atoms with E-state index in [2.05, 4.69) is 20.5 Å². The van der Waals surface area contributed by atoms with Crippen molar-refractivity contribution in [2.75, 3.05) is 11.4 Å². The molecule has 0 saturated carbocycles. The lowest BCUT2D eigenvalue weighted by molar-refractivity contribution is -0.136. The number of anilines is 1. The summed E-state index contributed by atoms with van der Waals surface area (Å²) in [5.41, 5.74) is 0.536. The van der Waals surface area contributed by atoms with Crippen molar-refractivity contribution in [3.05, 3.63) is 12.4 Å². The molecule has 0 radical (unpaired) electrons. The highest BCUT2D eigenvalue weighted by atomic mass is 16.4. The highest BCUT2D eigenvalue weighted by molar-refractivity contribution is 5.67. The molecule has 0 aliphatic heterocycles. The third-order valence-electron chi connectivity index (χ3n) is 2.57. The van der Waals surface area contributed by atoms with Crippen LogP contribution in [0, 0.1) is 0 Å². The van der Waals surface area contributed by atoms with E-state index < -0.39 is 5.97 Å². The molecule has 2 heterocycles. The van der Waals surface area contributed by atoms with E-state index in [9.17, 15) is 4.79 Å². The Morgan fingerprint density at radius 3 is 2.94 bits per heavy atom. The van der Waals surface area contributed by atoms with Crippen LogP contribution in [0.2, 0.25) is 0 Å². The Balaban J connectivity index is 2.35. The predicted molar refractivity (Wildman–Crippen MR) is 63.3 cm³/mol. The third kappa shape index (κ3) is 2.36. The van der Waals surface area contributed by atoms with Crippen molar-refractivity contribution < 1.29 is 9.90 Å². The van der Waals surface area contributed by atoms with Gasteiger partial charge in [-0.25, -0.2) is 0 Å². The fourth-order valence-electron chi connectivity index (χ4n) is 1.71. The van der Waals surface area contributed by atoms with Crippen LogP contribution in [0.5, 0.6) is 0 Å². The van der Waals surface area contributed by atoms with Gasteiger partial charge in [-0.15, -0.1) is 5.10 Å². The molecule has 0 saturated heterocycles. The van der Waals surface area contributed by atoms with Gasteiger partial charge in [-0.1, -0.05) is 0 Å². The molecule has 8 heteroatoms. The Hall–Kier alpha value is -2.25. The lowest BCUT2D eigenvalue weighted by Crippen LogP contribution is -2.34. The van der Waals surface area contributed by atoms with Gasteiger partial charge < -0.3 is 10.0 Å². The zero-order valence-corrected chi connectivity index (χ0v) is 10.2. The minimum Gasteiger partial charge on any atom is -0.481 e. The number of aliphatic carboxylic acids is 1. The van der Waals surface area contributed by atoms with E-state index >= 15 is 0 Å². The van der Waals surface area contributed by atoms with Gasteiger partial charge in [0, 0.05) is 12.6 Å². The first-order chi connectivity index (χ1) is 8.59. The van der Waals surface area contributed by atoms with Crippen LogP contribution in [0.25, 0.3) is 5.65 Å². The standard InChI is InChI=1S/C10H14N6O2/c1-7(2)15(4-3-10(17)18)9-6-11-5-8-12-13-14-16(8)9/h5-7H,3-4H2,1-2H3,(H,17,18). The summed E-state index contributed by atoms with van der Waals surface area (Å²) in [5, 5.41) is 20.0. The summed E-state index contributed by atoms with van der Waals surface area (Å²) in [5.74, 6) is -0.147. The van der Waals surface area contributed by atoms with E-state index in [4.69, 9.17) is 5.11 Å². The number of nitrogens with zero attached hydrogens (tertiary/aromatic N) is 6. The molecule has 2 aromatic rings. The van der Waals surface area contributed by atoms with E-state index in [-0.39, 0.29) is 12.5 Å². The van der Waals surface area contributed by atoms with Crippen molar-refractivity contribution in [2.24, 2.45) is 0 Å². The third-order valence-corrected chi connectivity index (χ3v) is 2.57. The number of hydrogen-bond acceptors (Lipinski definition) is 6. The minimum absolute atomic E-state index is 0.0523. The van der Waals surface area contributed by atoms with Gasteiger partial charge in [0.1, 0.15) is 0 Å². The van der Waals surface area contributed by atoms with Crippen LogP contribution in [0.3, 0.4) is 0 Å². The van der Waals surface area contributed by atoms with Crippen molar-refractivity contribution >= 4 is 17.4 Å². The maximum Gasteiger partial charge on any atom is 0.305 e. The molecule has 18 heavy (non-hydrogen) atoms. The first kappa shape index (κ1) is 12.2. The fourth-order valence-corrected chi connectivity index (χ4v) is 1.71. The molecule has 0 spiro atoms. The molecule has 2 aromatic heterocycles. The van der Waals surface area contributed by atoms with E-state index in [1.54, 1.807) is 16.9 Å². The largest absolute Gasteiger partial charge is 0.481 e. The first-order valence-electron chi connectivity index (χ1n) is 5.60. The van der Waals surface area contributed by atoms with Gasteiger partial charge in [0.15, 0.2) is 11.5 Å². The summed E-state index contributed by atoms with van der Waals surface area (Å²) in [4.78, 5) is 16.7. The Morgan fingerprint density at radius 2 is 2.28 bits per heavy atom. The fraction of sp³-hybridized carbons (Fsp3) is 0.500. The van der Waals surface area contributed by atoms with Crippen LogP contribution in [-0.2, 0) is 4.79 Å². The van der Waals surface area contributed by atoms with Crippen molar-refractivity contribution in [1.29, 1.82) is 0 Å². The number of hydrogen-bond donors (Lipinski definition) is 1. The van der Waals surface area contributed by atoms with E-state index in [1.807, 2.05) is 18.7 Å². The molecule has 0 atom stereocenters. The number of carboxylic acid groups (broad SMARTS) is 1. The molecule has 0 unspecified atom stereocenters. The Labute approximate surface area is 103 Å². The molecule has 0 aliphatic rings. The normalized spacial score (nSPS) is 11.1. The highest BCUT2D eigenvalue weighted by Crippen LogP contribution is 2.16. The van der Waals surface area contributed by atoms with Gasteiger partial charge in [0.25, 0.3) is 0 Å². The maximum absolute atomic E-state index is 10.7. The summed E-state index contributed by atoms with van der Waals surface area (Å²) >= 11 is 0. The minimum atomic E-state index is -0.836. The number of aromatic nitrogens is 5. The number of fused-ring (bicyclic) bond motifs is 1. The summed E-state index contributed by atoms with van der Waals surface area (Å²) in [6.45, 7) is 4.34. The summed E-state index contributed by atoms with van der Waals surface area (Å²) < 4.78 is 1.55. The summed E-state index contributed by atoms with van der Waals surface area (Å²) in [7, 11) is 0. The molecule has 96 valence electrons. The van der Waals surface area contributed by atoms with Crippen LogP contribution in [0.15, 0.2) is 12.4 Å². The number of tetrazole rings is 1. The lowest BCUT2D eigenvalue weighted by atomic mass is 10.3. The zero-order chi connectivity index (χ0) is 13.1. The van der Waals surface area contributed by atoms with E-state index in [1.165, 1.54) is 0 Å². The van der Waals surface area contributed by atoms with Gasteiger partial charge in [-0.3, -0.25) is 9.78 Å². The van der Waals surface area contributed by atoms with Crippen molar-refractivity contribution in [1.82, 2.24) is 25.0 Å². The molecule has 2 rings (SSSR count). The molecule has 0 aliphatic carbocycles. The van der Waals surface area contributed by atoms with Crippen LogP contribution in [-0.4, -0.2) is 48.7 Å². The van der Waals surface area contributed by atoms with Gasteiger partial charge in [0.05, 0.1) is 18.8 Å². The predicted octanol–water partition coefficient (Wildman–Crippen LogP) is 0.209. The molecular formula is C10H14N6O2. The summed E-state index contributed by atoms with van der Waals surface area (Å²) in [6.07, 6.45) is 3.24. The average molecular weight is 250 g/mol. The van der Waals surface area contributed by atoms with Crippen LogP contribution in [0.1, 0.15) is 20.3 Å². The molecule has 8 nitrogen and oxygen atoms in total. The van der Waals surface area contributed by atoms with Gasteiger partial charge in [0.2, 0.25) is 0 Å². The molecule has 0 amide bonds. The zero-order valence-electron chi connectivity index (χ0n) is 10.2. The Bertz CT molecular complexity index is 552. The van der Waals surface area contributed by atoms with Crippen molar-refractivity contribution in [3.8, 4) is 0 Å². The number of rotatable bonds is 5. The van der Waals surface area contributed by atoms with Crippen molar-refractivity contribution in [3.63, 3.8) is 0 Å². The Morgan fingerprint density at radius 1 is 1.50 bits per heavy atom. The summed E-state index contributed by atoms with van der Waals surface area (Å²) in [6, 6.07) is 0.126. The quantitative estimate of drug-likeness (QED) is 0.810. The second kappa shape index (κ2) is 4.94. The molecule has 0 fully saturated rings. The first-order valence-corrected chi connectivity index (χ1v) is 5.60. The average Bonchev–Trinajstić information content (AvgIpc) is 2.77. The van der Waals surface area contributed by atoms with Crippen LogP contribution >= 0.6 is 0 Å². The Kier molecular flexibility index (Phi) is 3.35. The van der Waals surface area contributed by atoms with Crippen LogP contribution < -0.4 is 4.90 Å². The number of carboxylic acids is 1. The van der Waals surface area contributed by atoms with Crippen LogP contribution in [0.4, 0.5) is 5.82 Å². The van der Waals surface area contributed by atoms with Gasteiger partial charge in [-0.05, 0) is 24.3 Å². The smallest absolute Gasteiger partial charge is 0.305 e. The maximum atomic E-state index is 10.7. The molecular weight excluding hydrogens is 236 g/mol. The lowest BCUT2D eigenvalue weighted by Gasteiger charge is -2.27.